The van der Waals surface area contributed by atoms with Gasteiger partial charge < -0.3 is 15.2 Å². The van der Waals surface area contributed by atoms with E-state index in [0.29, 0.717) is 23.8 Å². The SMILES string of the molecule is Cc1cc(CNC(=O)c2sc(C)c3c2C[C@@H]2[C@H]3C2(C)C)ccc1OCC(C)O. The minimum Gasteiger partial charge on any atom is -0.491 e. The molecule has 1 unspecified atom stereocenters. The van der Waals surface area contributed by atoms with Gasteiger partial charge in [-0.1, -0.05) is 26.0 Å². The fraction of sp³-hybridized carbons (Fsp3) is 0.522. The van der Waals surface area contributed by atoms with Crippen LogP contribution in [0.15, 0.2) is 18.2 Å². The van der Waals surface area contributed by atoms with Gasteiger partial charge in [-0.05, 0) is 72.8 Å². The first-order valence-corrected chi connectivity index (χ1v) is 10.8. The van der Waals surface area contributed by atoms with Crippen LogP contribution in [0.4, 0.5) is 0 Å². The normalized spacial score (nSPS) is 22.4. The van der Waals surface area contributed by atoms with E-state index >= 15 is 0 Å². The summed E-state index contributed by atoms with van der Waals surface area (Å²) in [4.78, 5) is 15.1. The van der Waals surface area contributed by atoms with Crippen LogP contribution in [0.2, 0.25) is 0 Å². The number of benzene rings is 1. The van der Waals surface area contributed by atoms with Crippen molar-refractivity contribution in [1.29, 1.82) is 0 Å². The molecule has 1 aromatic carbocycles. The molecule has 4 rings (SSSR count). The van der Waals surface area contributed by atoms with Crippen LogP contribution in [0.5, 0.6) is 5.75 Å². The van der Waals surface area contributed by atoms with Gasteiger partial charge in [-0.15, -0.1) is 11.3 Å². The minimum absolute atomic E-state index is 0.0422. The van der Waals surface area contributed by atoms with Crippen LogP contribution in [-0.2, 0) is 13.0 Å². The highest BCUT2D eigenvalue weighted by molar-refractivity contribution is 7.14. The van der Waals surface area contributed by atoms with Gasteiger partial charge in [-0.25, -0.2) is 0 Å². The van der Waals surface area contributed by atoms with E-state index in [0.717, 1.165) is 28.2 Å². The molecule has 2 N–H and O–H groups in total. The summed E-state index contributed by atoms with van der Waals surface area (Å²) in [6, 6.07) is 5.90. The number of carbonyl (C=O) groups is 1. The number of aliphatic hydroxyl groups excluding tert-OH is 1. The van der Waals surface area contributed by atoms with Crippen molar-refractivity contribution < 1.29 is 14.6 Å². The summed E-state index contributed by atoms with van der Waals surface area (Å²) in [5.41, 5.74) is 5.21. The molecular weight excluding hydrogens is 370 g/mol. The first-order valence-electron chi connectivity index (χ1n) is 10.0. The Bertz CT molecular complexity index is 928. The van der Waals surface area contributed by atoms with Crippen molar-refractivity contribution in [3.05, 3.63) is 50.2 Å². The van der Waals surface area contributed by atoms with Crippen LogP contribution in [0, 0.1) is 25.2 Å². The van der Waals surface area contributed by atoms with E-state index < -0.39 is 6.10 Å². The molecule has 5 heteroatoms. The molecule has 1 heterocycles. The molecule has 0 spiro atoms. The second kappa shape index (κ2) is 6.89. The summed E-state index contributed by atoms with van der Waals surface area (Å²) in [5, 5.41) is 12.5. The Kier molecular flexibility index (Phi) is 4.79. The van der Waals surface area contributed by atoms with Crippen LogP contribution < -0.4 is 10.1 Å². The lowest BCUT2D eigenvalue weighted by Gasteiger charge is -2.13. The monoisotopic (exact) mass is 399 g/mol. The van der Waals surface area contributed by atoms with Gasteiger partial charge in [0.2, 0.25) is 0 Å². The van der Waals surface area contributed by atoms with Crippen molar-refractivity contribution in [2.75, 3.05) is 6.61 Å². The molecule has 4 nitrogen and oxygen atoms in total. The Hall–Kier alpha value is -1.85. The summed E-state index contributed by atoms with van der Waals surface area (Å²) in [6.45, 7) is 11.3. The molecule has 0 radical (unpaired) electrons. The number of ether oxygens (including phenoxy) is 1. The number of nitrogens with one attached hydrogen (secondary N) is 1. The van der Waals surface area contributed by atoms with Crippen molar-refractivity contribution in [2.45, 2.75) is 59.6 Å². The van der Waals surface area contributed by atoms with E-state index in [1.165, 1.54) is 16.0 Å². The van der Waals surface area contributed by atoms with Crippen molar-refractivity contribution in [3.63, 3.8) is 0 Å². The molecule has 0 saturated heterocycles. The Morgan fingerprint density at radius 3 is 2.82 bits per heavy atom. The largest absolute Gasteiger partial charge is 0.491 e. The van der Waals surface area contributed by atoms with Gasteiger partial charge >= 0.3 is 0 Å². The smallest absolute Gasteiger partial charge is 0.261 e. The lowest BCUT2D eigenvalue weighted by Crippen LogP contribution is -2.23. The highest BCUT2D eigenvalue weighted by Crippen LogP contribution is 2.71. The van der Waals surface area contributed by atoms with Crippen molar-refractivity contribution in [2.24, 2.45) is 11.3 Å². The highest BCUT2D eigenvalue weighted by Gasteiger charge is 2.63. The number of aliphatic hydroxyl groups is 1. The van der Waals surface area contributed by atoms with Crippen molar-refractivity contribution >= 4 is 17.2 Å². The lowest BCUT2D eigenvalue weighted by atomic mass is 9.95. The summed E-state index contributed by atoms with van der Waals surface area (Å²) in [6.07, 6.45) is 0.556. The molecule has 1 fully saturated rings. The van der Waals surface area contributed by atoms with Crippen LogP contribution in [0.1, 0.15) is 63.5 Å². The average Bonchev–Trinajstić information content (AvgIpc) is 2.95. The second-order valence-corrected chi connectivity index (χ2v) is 10.2. The number of carbonyl (C=O) groups excluding carboxylic acids is 1. The third-order valence-corrected chi connectivity index (χ3v) is 7.56. The van der Waals surface area contributed by atoms with Crippen LogP contribution >= 0.6 is 11.3 Å². The molecule has 1 saturated carbocycles. The Labute approximate surface area is 170 Å². The second-order valence-electron chi connectivity index (χ2n) is 8.93. The Morgan fingerprint density at radius 2 is 2.14 bits per heavy atom. The number of hydrogen-bond donors (Lipinski definition) is 2. The van der Waals surface area contributed by atoms with Crippen molar-refractivity contribution in [3.8, 4) is 5.75 Å². The van der Waals surface area contributed by atoms with Crippen LogP contribution in [-0.4, -0.2) is 23.7 Å². The van der Waals surface area contributed by atoms with Crippen LogP contribution in [0.3, 0.4) is 0 Å². The molecular formula is C23H29NO3S. The molecule has 2 aromatic rings. The van der Waals surface area contributed by atoms with Gasteiger partial charge in [0.05, 0.1) is 11.0 Å². The van der Waals surface area contributed by atoms with E-state index in [9.17, 15) is 9.90 Å². The zero-order chi connectivity index (χ0) is 20.2. The number of hydrogen-bond acceptors (Lipinski definition) is 4. The molecule has 2 aliphatic rings. The number of aryl methyl sites for hydroxylation is 2. The lowest BCUT2D eigenvalue weighted by molar-refractivity contribution is 0.0954. The molecule has 0 aliphatic heterocycles. The zero-order valence-corrected chi connectivity index (χ0v) is 18.1. The fourth-order valence-corrected chi connectivity index (χ4v) is 5.92. The average molecular weight is 400 g/mol. The van der Waals surface area contributed by atoms with E-state index in [1.807, 2.05) is 25.1 Å². The summed E-state index contributed by atoms with van der Waals surface area (Å²) < 4.78 is 5.60. The van der Waals surface area contributed by atoms with Gasteiger partial charge in [0.25, 0.3) is 5.91 Å². The third kappa shape index (κ3) is 3.25. The number of rotatable bonds is 6. The molecule has 28 heavy (non-hydrogen) atoms. The summed E-state index contributed by atoms with van der Waals surface area (Å²) in [5.74, 6) is 2.18. The predicted octanol–water partition coefficient (Wildman–Crippen LogP) is 4.35. The van der Waals surface area contributed by atoms with Crippen molar-refractivity contribution in [1.82, 2.24) is 5.32 Å². The van der Waals surface area contributed by atoms with E-state index in [1.54, 1.807) is 18.3 Å². The topological polar surface area (TPSA) is 58.6 Å². The van der Waals surface area contributed by atoms with E-state index in [2.05, 4.69) is 26.1 Å². The molecule has 150 valence electrons. The standard InChI is InChI=1S/C23H29NO3S/c1-12-8-15(6-7-18(12)27-11-13(2)25)10-24-22(26)21-16-9-17-20(23(17,4)5)19(16)14(3)28-21/h6-8,13,17,20,25H,9-11H2,1-5H3,(H,24,26)/t13?,17-,20-/m1/s1. The van der Waals surface area contributed by atoms with Crippen LogP contribution in [0.25, 0.3) is 0 Å². The number of amides is 1. The third-order valence-electron chi connectivity index (χ3n) is 6.40. The van der Waals surface area contributed by atoms with Gasteiger partial charge in [-0.3, -0.25) is 4.79 Å². The number of thiophene rings is 1. The van der Waals surface area contributed by atoms with E-state index in [4.69, 9.17) is 4.74 Å². The Balaban J connectivity index is 1.42. The highest BCUT2D eigenvalue weighted by atomic mass is 32.1. The first kappa shape index (κ1) is 19.5. The van der Waals surface area contributed by atoms with Gasteiger partial charge in [-0.2, -0.15) is 0 Å². The molecule has 0 bridgehead atoms. The van der Waals surface area contributed by atoms with Gasteiger partial charge in [0.1, 0.15) is 12.4 Å². The zero-order valence-electron chi connectivity index (χ0n) is 17.3. The molecule has 3 atom stereocenters. The fourth-order valence-electron chi connectivity index (χ4n) is 4.77. The summed E-state index contributed by atoms with van der Waals surface area (Å²) >= 11 is 1.65. The molecule has 2 aliphatic carbocycles. The quantitative estimate of drug-likeness (QED) is 0.759. The Morgan fingerprint density at radius 1 is 1.39 bits per heavy atom. The maximum atomic E-state index is 12.9. The molecule has 1 aromatic heterocycles. The minimum atomic E-state index is -0.494. The maximum Gasteiger partial charge on any atom is 0.261 e. The summed E-state index contributed by atoms with van der Waals surface area (Å²) in [7, 11) is 0. The molecule has 1 amide bonds. The van der Waals surface area contributed by atoms with Gasteiger partial charge in [0, 0.05) is 11.4 Å². The van der Waals surface area contributed by atoms with Gasteiger partial charge in [0.15, 0.2) is 0 Å². The number of fused-ring (bicyclic) bond motifs is 3. The maximum absolute atomic E-state index is 12.9. The first-order chi connectivity index (χ1) is 13.2. The van der Waals surface area contributed by atoms with E-state index in [-0.39, 0.29) is 12.5 Å². The predicted molar refractivity (Wildman–Crippen MR) is 112 cm³/mol.